The molecule has 0 spiro atoms. The third kappa shape index (κ3) is 5.20. The normalized spacial score (nSPS) is 10.6. The Morgan fingerprint density at radius 3 is 2.59 bits per heavy atom. The molecule has 0 bridgehead atoms. The van der Waals surface area contributed by atoms with Gasteiger partial charge in [0.1, 0.15) is 5.75 Å². The minimum absolute atomic E-state index is 0.268. The number of carboxylic acids is 1. The van der Waals surface area contributed by atoms with E-state index in [4.69, 9.17) is 9.84 Å². The van der Waals surface area contributed by atoms with Crippen LogP contribution in [-0.2, 0) is 0 Å². The van der Waals surface area contributed by atoms with E-state index in [1.807, 2.05) is 6.08 Å². The summed E-state index contributed by atoms with van der Waals surface area (Å²) in [6.45, 7) is 2.17. The van der Waals surface area contributed by atoms with Crippen molar-refractivity contribution in [3.63, 3.8) is 0 Å². The fourth-order valence-electron chi connectivity index (χ4n) is 1.38. The molecule has 1 aromatic carbocycles. The number of ether oxygens (including phenoxy) is 1. The number of allylic oxidation sites excluding steroid dienone is 1. The molecule has 17 heavy (non-hydrogen) atoms. The summed E-state index contributed by atoms with van der Waals surface area (Å²) in [5.74, 6) is -0.270. The fraction of sp³-hybridized carbons (Fsp3) is 0.357. The van der Waals surface area contributed by atoms with Crippen molar-refractivity contribution < 1.29 is 14.6 Å². The van der Waals surface area contributed by atoms with Crippen LogP contribution in [0.25, 0.3) is 0 Å². The van der Waals surface area contributed by atoms with Gasteiger partial charge in [-0.15, -0.1) is 0 Å². The number of rotatable bonds is 7. The lowest BCUT2D eigenvalue weighted by atomic mass is 10.2. The Balaban J connectivity index is 2.34. The van der Waals surface area contributed by atoms with E-state index >= 15 is 0 Å². The Labute approximate surface area is 102 Å². The summed E-state index contributed by atoms with van der Waals surface area (Å²) >= 11 is 0. The van der Waals surface area contributed by atoms with Gasteiger partial charge in [-0.3, -0.25) is 0 Å². The highest BCUT2D eigenvalue weighted by Gasteiger charge is 2.00. The Bertz CT molecular complexity index is 366. The predicted molar refractivity (Wildman–Crippen MR) is 67.3 cm³/mol. The second-order valence-corrected chi connectivity index (χ2v) is 3.81. The van der Waals surface area contributed by atoms with Crippen molar-refractivity contribution in [1.29, 1.82) is 0 Å². The molecular weight excluding hydrogens is 216 g/mol. The number of benzene rings is 1. The van der Waals surface area contributed by atoms with Gasteiger partial charge in [-0.05, 0) is 43.2 Å². The second kappa shape index (κ2) is 7.49. The van der Waals surface area contributed by atoms with Crippen molar-refractivity contribution >= 4 is 5.97 Å². The molecule has 1 aromatic rings. The topological polar surface area (TPSA) is 46.5 Å². The van der Waals surface area contributed by atoms with Crippen LogP contribution < -0.4 is 4.74 Å². The molecular formula is C14H18O3. The number of carbonyl (C=O) groups is 1. The lowest BCUT2D eigenvalue weighted by Gasteiger charge is -2.00. The number of hydrogen-bond acceptors (Lipinski definition) is 2. The predicted octanol–water partition coefficient (Wildman–Crippen LogP) is 3.86. The molecule has 1 N–H and O–H groups in total. The first-order valence-electron chi connectivity index (χ1n) is 5.89. The Morgan fingerprint density at radius 2 is 2.00 bits per heavy atom. The summed E-state index contributed by atoms with van der Waals surface area (Å²) in [5.41, 5.74) is 0.268. The molecule has 0 aliphatic carbocycles. The molecule has 0 aromatic heterocycles. The molecule has 3 heteroatoms. The first-order valence-corrected chi connectivity index (χ1v) is 5.89. The lowest BCUT2D eigenvalue weighted by Crippen LogP contribution is -1.95. The van der Waals surface area contributed by atoms with Crippen LogP contribution in [0.4, 0.5) is 0 Å². The average Bonchev–Trinajstić information content (AvgIpc) is 2.34. The van der Waals surface area contributed by atoms with Gasteiger partial charge >= 0.3 is 5.97 Å². The highest BCUT2D eigenvalue weighted by atomic mass is 16.5. The Kier molecular flexibility index (Phi) is 5.86. The number of carboxylic acid groups (broad SMARTS) is 1. The molecule has 0 amide bonds. The van der Waals surface area contributed by atoms with Gasteiger partial charge in [0.15, 0.2) is 0 Å². The second-order valence-electron chi connectivity index (χ2n) is 3.81. The van der Waals surface area contributed by atoms with Crippen molar-refractivity contribution in [3.05, 3.63) is 42.2 Å². The summed E-state index contributed by atoms with van der Waals surface area (Å²) in [6, 6.07) is 6.37. The fourth-order valence-corrected chi connectivity index (χ4v) is 1.38. The van der Waals surface area contributed by atoms with Crippen LogP contribution in [0.1, 0.15) is 43.0 Å². The summed E-state index contributed by atoms with van der Waals surface area (Å²) in [6.07, 6.45) is 8.28. The molecule has 0 fully saturated rings. The third-order valence-corrected chi connectivity index (χ3v) is 2.38. The Morgan fingerprint density at radius 1 is 1.29 bits per heavy atom. The van der Waals surface area contributed by atoms with Crippen LogP contribution in [0.2, 0.25) is 0 Å². The molecule has 0 aliphatic rings. The summed E-state index contributed by atoms with van der Waals surface area (Å²) in [7, 11) is 0. The zero-order chi connectivity index (χ0) is 12.5. The zero-order valence-corrected chi connectivity index (χ0v) is 10.1. The highest BCUT2D eigenvalue weighted by Crippen LogP contribution is 2.12. The lowest BCUT2D eigenvalue weighted by molar-refractivity contribution is 0.0697. The van der Waals surface area contributed by atoms with Gasteiger partial charge in [0.25, 0.3) is 0 Å². The van der Waals surface area contributed by atoms with Crippen LogP contribution in [0.5, 0.6) is 5.75 Å². The van der Waals surface area contributed by atoms with E-state index in [9.17, 15) is 4.79 Å². The number of unbranched alkanes of at least 4 members (excludes halogenated alkanes) is 3. The van der Waals surface area contributed by atoms with E-state index in [0.29, 0.717) is 5.75 Å². The molecule has 0 aliphatic heterocycles. The SMILES string of the molecule is CCCCC/C=C/Oc1ccc(C(=O)O)cc1. The van der Waals surface area contributed by atoms with Crippen molar-refractivity contribution in [2.24, 2.45) is 0 Å². The van der Waals surface area contributed by atoms with E-state index in [0.717, 1.165) is 6.42 Å². The van der Waals surface area contributed by atoms with Gasteiger partial charge in [0, 0.05) is 0 Å². The standard InChI is InChI=1S/C14H18O3/c1-2-3-4-5-6-11-17-13-9-7-12(8-10-13)14(15)16/h6-11H,2-5H2,1H3,(H,15,16)/b11-6+. The molecule has 1 rings (SSSR count). The summed E-state index contributed by atoms with van der Waals surface area (Å²) < 4.78 is 5.35. The molecule has 0 saturated carbocycles. The van der Waals surface area contributed by atoms with Crippen LogP contribution >= 0.6 is 0 Å². The van der Waals surface area contributed by atoms with Gasteiger partial charge < -0.3 is 9.84 Å². The molecule has 0 heterocycles. The molecule has 0 atom stereocenters. The quantitative estimate of drug-likeness (QED) is 0.575. The number of hydrogen-bond donors (Lipinski definition) is 1. The van der Waals surface area contributed by atoms with E-state index in [2.05, 4.69) is 6.92 Å². The van der Waals surface area contributed by atoms with E-state index < -0.39 is 5.97 Å². The van der Waals surface area contributed by atoms with Crippen LogP contribution in [0.3, 0.4) is 0 Å². The van der Waals surface area contributed by atoms with Crippen molar-refractivity contribution in [1.82, 2.24) is 0 Å². The van der Waals surface area contributed by atoms with Gasteiger partial charge in [-0.2, -0.15) is 0 Å². The maximum Gasteiger partial charge on any atom is 0.335 e. The first-order chi connectivity index (χ1) is 8.24. The minimum atomic E-state index is -0.924. The van der Waals surface area contributed by atoms with E-state index in [1.54, 1.807) is 18.4 Å². The minimum Gasteiger partial charge on any atom is -0.478 e. The monoisotopic (exact) mass is 234 g/mol. The van der Waals surface area contributed by atoms with Crippen molar-refractivity contribution in [2.45, 2.75) is 32.6 Å². The first kappa shape index (κ1) is 13.3. The van der Waals surface area contributed by atoms with E-state index in [-0.39, 0.29) is 5.56 Å². The van der Waals surface area contributed by atoms with Crippen LogP contribution in [0.15, 0.2) is 36.6 Å². The zero-order valence-electron chi connectivity index (χ0n) is 10.1. The van der Waals surface area contributed by atoms with Crippen molar-refractivity contribution in [2.75, 3.05) is 0 Å². The van der Waals surface area contributed by atoms with Gasteiger partial charge in [-0.1, -0.05) is 19.8 Å². The van der Waals surface area contributed by atoms with Crippen LogP contribution in [0, 0.1) is 0 Å². The van der Waals surface area contributed by atoms with Gasteiger partial charge in [-0.25, -0.2) is 4.79 Å². The summed E-state index contributed by atoms with van der Waals surface area (Å²) in [4.78, 5) is 10.6. The van der Waals surface area contributed by atoms with Crippen molar-refractivity contribution in [3.8, 4) is 5.75 Å². The third-order valence-electron chi connectivity index (χ3n) is 2.38. The Hall–Kier alpha value is -1.77. The molecule has 3 nitrogen and oxygen atoms in total. The molecule has 0 unspecified atom stereocenters. The molecule has 0 saturated heterocycles. The molecule has 0 radical (unpaired) electrons. The maximum atomic E-state index is 10.6. The largest absolute Gasteiger partial charge is 0.478 e. The van der Waals surface area contributed by atoms with E-state index in [1.165, 1.54) is 31.4 Å². The van der Waals surface area contributed by atoms with Crippen LogP contribution in [-0.4, -0.2) is 11.1 Å². The molecule has 92 valence electrons. The van der Waals surface area contributed by atoms with Gasteiger partial charge in [0.2, 0.25) is 0 Å². The number of aromatic carboxylic acids is 1. The smallest absolute Gasteiger partial charge is 0.335 e. The summed E-state index contributed by atoms with van der Waals surface area (Å²) in [5, 5.41) is 8.72. The maximum absolute atomic E-state index is 10.6. The average molecular weight is 234 g/mol. The van der Waals surface area contributed by atoms with Gasteiger partial charge in [0.05, 0.1) is 11.8 Å². The highest BCUT2D eigenvalue weighted by molar-refractivity contribution is 5.87.